The molecule has 1 aromatic heterocycles. The molecule has 23 heavy (non-hydrogen) atoms. The van der Waals surface area contributed by atoms with E-state index in [0.717, 1.165) is 44.9 Å². The molecule has 7 heteroatoms. The third-order valence-corrected chi connectivity index (χ3v) is 4.91. The van der Waals surface area contributed by atoms with Crippen molar-refractivity contribution in [2.45, 2.75) is 56.9 Å². The van der Waals surface area contributed by atoms with Crippen LogP contribution in [0.1, 0.15) is 43.3 Å². The molecule has 0 amide bonds. The monoisotopic (exact) mass is 322 g/mol. The summed E-state index contributed by atoms with van der Waals surface area (Å²) in [6, 6.07) is 0. The molecule has 1 aliphatic carbocycles. The summed E-state index contributed by atoms with van der Waals surface area (Å²) in [6.45, 7) is 5.06. The number of ether oxygens (including phenoxy) is 2. The number of aliphatic hydroxyl groups excluding tert-OH is 1. The lowest BCUT2D eigenvalue weighted by Crippen LogP contribution is -2.40. The second-order valence-electron chi connectivity index (χ2n) is 6.96. The summed E-state index contributed by atoms with van der Waals surface area (Å²) in [7, 11) is 0. The van der Waals surface area contributed by atoms with E-state index in [1.807, 2.05) is 0 Å². The standard InChI is InChI=1S/C16H26N4O3/c21-13(10-22-11-14-2-1-7-23-14)8-19-5-6-20-15(9-19)17-18-16(20)12-3-4-12/h12-14,21H,1-11H2/t13-,14-/m1/s1. The molecular weight excluding hydrogens is 296 g/mol. The molecule has 4 rings (SSSR count). The minimum Gasteiger partial charge on any atom is -0.389 e. The van der Waals surface area contributed by atoms with Crippen LogP contribution in [0.3, 0.4) is 0 Å². The van der Waals surface area contributed by atoms with Gasteiger partial charge in [-0.3, -0.25) is 4.90 Å². The quantitative estimate of drug-likeness (QED) is 0.789. The molecule has 0 aromatic carbocycles. The van der Waals surface area contributed by atoms with E-state index in [-0.39, 0.29) is 6.10 Å². The zero-order valence-corrected chi connectivity index (χ0v) is 13.6. The number of fused-ring (bicyclic) bond motifs is 1. The average Bonchev–Trinajstić information content (AvgIpc) is 3.09. The molecule has 0 unspecified atom stereocenters. The van der Waals surface area contributed by atoms with Gasteiger partial charge in [-0.1, -0.05) is 0 Å². The van der Waals surface area contributed by atoms with Crippen LogP contribution in [0.5, 0.6) is 0 Å². The van der Waals surface area contributed by atoms with Crippen molar-refractivity contribution in [1.82, 2.24) is 19.7 Å². The maximum Gasteiger partial charge on any atom is 0.147 e. The van der Waals surface area contributed by atoms with E-state index in [1.54, 1.807) is 0 Å². The fourth-order valence-corrected chi connectivity index (χ4v) is 3.49. The molecule has 2 atom stereocenters. The fraction of sp³-hybridized carbons (Fsp3) is 0.875. The van der Waals surface area contributed by atoms with Crippen LogP contribution in [0.2, 0.25) is 0 Å². The van der Waals surface area contributed by atoms with E-state index in [1.165, 1.54) is 18.7 Å². The van der Waals surface area contributed by atoms with Gasteiger partial charge in [0.2, 0.25) is 0 Å². The Bertz CT molecular complexity index is 525. The Kier molecular flexibility index (Phi) is 4.61. The minimum atomic E-state index is -0.464. The van der Waals surface area contributed by atoms with Gasteiger partial charge < -0.3 is 19.1 Å². The van der Waals surface area contributed by atoms with Gasteiger partial charge in [0.15, 0.2) is 0 Å². The Labute approximate surface area is 136 Å². The zero-order valence-electron chi connectivity index (χ0n) is 13.6. The fourth-order valence-electron chi connectivity index (χ4n) is 3.49. The molecule has 3 aliphatic rings. The molecule has 1 N–H and O–H groups in total. The Balaban J connectivity index is 1.21. The molecular formula is C16H26N4O3. The molecule has 1 saturated heterocycles. The van der Waals surface area contributed by atoms with E-state index in [0.29, 0.717) is 25.7 Å². The molecule has 0 radical (unpaired) electrons. The largest absolute Gasteiger partial charge is 0.389 e. The van der Waals surface area contributed by atoms with Gasteiger partial charge in [-0.15, -0.1) is 10.2 Å². The number of hydrogen-bond acceptors (Lipinski definition) is 6. The average molecular weight is 322 g/mol. The molecule has 128 valence electrons. The van der Waals surface area contributed by atoms with E-state index < -0.39 is 6.10 Å². The molecule has 0 spiro atoms. The topological polar surface area (TPSA) is 72.6 Å². The van der Waals surface area contributed by atoms with Crippen molar-refractivity contribution < 1.29 is 14.6 Å². The van der Waals surface area contributed by atoms with E-state index in [4.69, 9.17) is 9.47 Å². The molecule has 2 aliphatic heterocycles. The highest BCUT2D eigenvalue weighted by molar-refractivity contribution is 5.09. The summed E-state index contributed by atoms with van der Waals surface area (Å²) < 4.78 is 13.4. The van der Waals surface area contributed by atoms with Crippen molar-refractivity contribution in [3.63, 3.8) is 0 Å². The van der Waals surface area contributed by atoms with Crippen LogP contribution in [-0.2, 0) is 22.6 Å². The van der Waals surface area contributed by atoms with Gasteiger partial charge in [0.25, 0.3) is 0 Å². The first kappa shape index (κ1) is 15.5. The lowest BCUT2D eigenvalue weighted by molar-refractivity contribution is -0.0271. The summed E-state index contributed by atoms with van der Waals surface area (Å²) in [5.41, 5.74) is 0. The summed E-state index contributed by atoms with van der Waals surface area (Å²) in [5, 5.41) is 18.9. The second-order valence-corrected chi connectivity index (χ2v) is 6.96. The van der Waals surface area contributed by atoms with E-state index >= 15 is 0 Å². The van der Waals surface area contributed by atoms with Crippen LogP contribution in [0, 0.1) is 0 Å². The van der Waals surface area contributed by atoms with E-state index in [2.05, 4.69) is 19.7 Å². The summed E-state index contributed by atoms with van der Waals surface area (Å²) in [5.74, 6) is 2.84. The predicted octanol–water partition coefficient (Wildman–Crippen LogP) is 0.528. The van der Waals surface area contributed by atoms with E-state index in [9.17, 15) is 5.11 Å². The number of β-amino-alcohol motifs (C(OH)–C–C–N with tert-alkyl or cyclic N) is 1. The first-order chi connectivity index (χ1) is 11.3. The van der Waals surface area contributed by atoms with Gasteiger partial charge >= 0.3 is 0 Å². The van der Waals surface area contributed by atoms with Crippen LogP contribution in [-0.4, -0.2) is 69.9 Å². The van der Waals surface area contributed by atoms with Gasteiger partial charge in [-0.05, 0) is 25.7 Å². The van der Waals surface area contributed by atoms with Gasteiger partial charge in [0.1, 0.15) is 11.6 Å². The molecule has 2 fully saturated rings. The smallest absolute Gasteiger partial charge is 0.147 e. The predicted molar refractivity (Wildman–Crippen MR) is 83.1 cm³/mol. The van der Waals surface area contributed by atoms with Crippen LogP contribution in [0.4, 0.5) is 0 Å². The van der Waals surface area contributed by atoms with Crippen LogP contribution in [0.25, 0.3) is 0 Å². The highest BCUT2D eigenvalue weighted by Crippen LogP contribution is 2.39. The number of hydrogen-bond donors (Lipinski definition) is 1. The summed E-state index contributed by atoms with van der Waals surface area (Å²) in [4.78, 5) is 2.24. The number of nitrogens with zero attached hydrogens (tertiary/aromatic N) is 4. The van der Waals surface area contributed by atoms with Crippen molar-refractivity contribution in [3.8, 4) is 0 Å². The minimum absolute atomic E-state index is 0.219. The van der Waals surface area contributed by atoms with Crippen LogP contribution < -0.4 is 0 Å². The molecule has 1 saturated carbocycles. The van der Waals surface area contributed by atoms with Crippen molar-refractivity contribution in [3.05, 3.63) is 11.6 Å². The number of aliphatic hydroxyl groups is 1. The zero-order chi connectivity index (χ0) is 15.6. The van der Waals surface area contributed by atoms with Gasteiger partial charge in [0, 0.05) is 32.2 Å². The second kappa shape index (κ2) is 6.84. The SMILES string of the molecule is O[C@@H](COC[C@H]1CCCO1)CN1CCn2c(nnc2C2CC2)C1. The van der Waals surface area contributed by atoms with Gasteiger partial charge in [-0.25, -0.2) is 0 Å². The van der Waals surface area contributed by atoms with Crippen molar-refractivity contribution in [2.24, 2.45) is 0 Å². The highest BCUT2D eigenvalue weighted by atomic mass is 16.5. The lowest BCUT2D eigenvalue weighted by atomic mass is 10.2. The normalized spacial score (nSPS) is 26.4. The molecule has 3 heterocycles. The summed E-state index contributed by atoms with van der Waals surface area (Å²) >= 11 is 0. The lowest BCUT2D eigenvalue weighted by Gasteiger charge is -2.29. The third-order valence-electron chi connectivity index (χ3n) is 4.91. The van der Waals surface area contributed by atoms with Crippen molar-refractivity contribution in [1.29, 1.82) is 0 Å². The van der Waals surface area contributed by atoms with Crippen LogP contribution in [0.15, 0.2) is 0 Å². The maximum atomic E-state index is 10.2. The first-order valence-corrected chi connectivity index (χ1v) is 8.81. The summed E-state index contributed by atoms with van der Waals surface area (Å²) in [6.07, 6.45) is 4.45. The molecule has 1 aromatic rings. The molecule has 7 nitrogen and oxygen atoms in total. The number of aromatic nitrogens is 3. The number of rotatable bonds is 7. The van der Waals surface area contributed by atoms with Crippen molar-refractivity contribution >= 4 is 0 Å². The molecule has 0 bridgehead atoms. The van der Waals surface area contributed by atoms with Crippen molar-refractivity contribution in [2.75, 3.05) is 32.9 Å². The highest BCUT2D eigenvalue weighted by Gasteiger charge is 2.32. The third kappa shape index (κ3) is 3.74. The Hall–Kier alpha value is -1.02. The Morgan fingerprint density at radius 2 is 2.17 bits per heavy atom. The Morgan fingerprint density at radius 3 is 2.96 bits per heavy atom. The van der Waals surface area contributed by atoms with Gasteiger partial charge in [-0.2, -0.15) is 0 Å². The maximum absolute atomic E-state index is 10.2. The first-order valence-electron chi connectivity index (χ1n) is 8.81. The van der Waals surface area contributed by atoms with Crippen LogP contribution >= 0.6 is 0 Å². The Morgan fingerprint density at radius 1 is 1.26 bits per heavy atom. The van der Waals surface area contributed by atoms with Gasteiger partial charge in [0.05, 0.1) is 32.0 Å².